The molecule has 0 saturated carbocycles. The van der Waals surface area contributed by atoms with Crippen LogP contribution in [-0.2, 0) is 0 Å². The molecule has 26 heavy (non-hydrogen) atoms. The first-order valence-electron chi connectivity index (χ1n) is 8.55. The summed E-state index contributed by atoms with van der Waals surface area (Å²) >= 11 is 0. The molecule has 0 atom stereocenters. The number of nitrogens with zero attached hydrogens (tertiary/aromatic N) is 3. The van der Waals surface area contributed by atoms with Crippen LogP contribution in [0.3, 0.4) is 0 Å². The summed E-state index contributed by atoms with van der Waals surface area (Å²) in [5.41, 5.74) is 5.43. The summed E-state index contributed by atoms with van der Waals surface area (Å²) in [7, 11) is 0. The Morgan fingerprint density at radius 2 is 1.31 bits per heavy atom. The Balaban J connectivity index is 2.07. The average Bonchev–Trinajstić information content (AvgIpc) is 3.08. The molecule has 0 aliphatic carbocycles. The predicted molar refractivity (Wildman–Crippen MR) is 105 cm³/mol. The molecule has 3 aromatic carbocycles. The Bertz CT molecular complexity index is 1560. The normalized spacial score (nSPS) is 12.0. The summed E-state index contributed by atoms with van der Waals surface area (Å²) in [4.78, 5) is 18.1. The van der Waals surface area contributed by atoms with E-state index in [-0.39, 0.29) is 5.56 Å². The van der Waals surface area contributed by atoms with E-state index in [1.54, 1.807) is 4.40 Å². The molecule has 3 aromatic heterocycles. The second-order valence-corrected chi connectivity index (χ2v) is 6.51. The zero-order valence-electron chi connectivity index (χ0n) is 13.8. The molecule has 0 N–H and O–H groups in total. The van der Waals surface area contributed by atoms with Crippen molar-refractivity contribution in [2.24, 2.45) is 0 Å². The number of benzene rings is 3. The molecule has 0 aliphatic heterocycles. The highest BCUT2D eigenvalue weighted by Crippen LogP contribution is 2.27. The van der Waals surface area contributed by atoms with Crippen LogP contribution in [0, 0.1) is 0 Å². The van der Waals surface area contributed by atoms with E-state index in [2.05, 4.69) is 16.5 Å². The first kappa shape index (κ1) is 13.6. The molecule has 6 rings (SSSR count). The number of fused-ring (bicyclic) bond motifs is 9. The van der Waals surface area contributed by atoms with Crippen LogP contribution in [0.4, 0.5) is 0 Å². The predicted octanol–water partition coefficient (Wildman–Crippen LogP) is 4.41. The van der Waals surface area contributed by atoms with Gasteiger partial charge in [0.15, 0.2) is 5.65 Å². The minimum absolute atomic E-state index is 0.0103. The third kappa shape index (κ3) is 1.58. The van der Waals surface area contributed by atoms with Gasteiger partial charge >= 0.3 is 0 Å². The van der Waals surface area contributed by atoms with Crippen LogP contribution < -0.4 is 5.56 Å². The molecule has 0 aliphatic rings. The molecule has 3 heterocycles. The van der Waals surface area contributed by atoms with E-state index >= 15 is 0 Å². The molecule has 0 amide bonds. The third-order valence-electron chi connectivity index (χ3n) is 5.08. The summed E-state index contributed by atoms with van der Waals surface area (Å²) in [6.45, 7) is 0. The van der Waals surface area contributed by atoms with Crippen molar-refractivity contribution in [2.45, 2.75) is 0 Å². The number of pyridine rings is 1. The number of imidazole rings is 1. The van der Waals surface area contributed by atoms with Gasteiger partial charge in [-0.15, -0.1) is 0 Å². The lowest BCUT2D eigenvalue weighted by Crippen LogP contribution is -2.16. The van der Waals surface area contributed by atoms with E-state index in [9.17, 15) is 4.79 Å². The van der Waals surface area contributed by atoms with E-state index in [1.807, 2.05) is 66.7 Å². The Morgan fingerprint density at radius 1 is 0.654 bits per heavy atom. The molecule has 4 heteroatoms. The van der Waals surface area contributed by atoms with Crippen molar-refractivity contribution in [3.05, 3.63) is 89.2 Å². The Labute approximate surface area is 147 Å². The first-order chi connectivity index (χ1) is 12.8. The average molecular weight is 335 g/mol. The van der Waals surface area contributed by atoms with Gasteiger partial charge in [-0.1, -0.05) is 42.5 Å². The quantitative estimate of drug-likeness (QED) is 0.305. The van der Waals surface area contributed by atoms with Gasteiger partial charge in [-0.05, 0) is 41.8 Å². The smallest absolute Gasteiger partial charge is 0.263 e. The molecule has 0 spiro atoms. The van der Waals surface area contributed by atoms with Crippen molar-refractivity contribution >= 4 is 44.0 Å². The minimum Gasteiger partial charge on any atom is -0.289 e. The second-order valence-electron chi connectivity index (χ2n) is 6.51. The molecule has 4 nitrogen and oxygen atoms in total. The second kappa shape index (κ2) is 4.70. The van der Waals surface area contributed by atoms with Crippen molar-refractivity contribution in [1.82, 2.24) is 13.8 Å². The number of hydrogen-bond donors (Lipinski definition) is 0. The molecular weight excluding hydrogens is 322 g/mol. The Kier molecular flexibility index (Phi) is 2.46. The van der Waals surface area contributed by atoms with Gasteiger partial charge in [0.1, 0.15) is 0 Å². The topological polar surface area (TPSA) is 38.8 Å². The minimum atomic E-state index is -0.0103. The third-order valence-corrected chi connectivity index (χ3v) is 5.08. The van der Waals surface area contributed by atoms with E-state index in [0.29, 0.717) is 0 Å². The number of aromatic nitrogens is 3. The molecule has 0 bridgehead atoms. The van der Waals surface area contributed by atoms with Crippen molar-refractivity contribution in [2.75, 3.05) is 0 Å². The van der Waals surface area contributed by atoms with Gasteiger partial charge in [0.25, 0.3) is 5.56 Å². The van der Waals surface area contributed by atoms with Gasteiger partial charge < -0.3 is 0 Å². The zero-order chi connectivity index (χ0) is 17.3. The molecule has 122 valence electrons. The van der Waals surface area contributed by atoms with Crippen LogP contribution in [-0.4, -0.2) is 13.8 Å². The lowest BCUT2D eigenvalue weighted by molar-refractivity contribution is 1.14. The van der Waals surface area contributed by atoms with Crippen LogP contribution in [0.25, 0.3) is 44.0 Å². The highest BCUT2D eigenvalue weighted by atomic mass is 16.1. The standard InChI is InChI=1S/C22H13N3O/c26-22-15-8-2-1-7-14(15)13-20-21-23-16-9-3-4-10-17(16)24(21)18-11-5-6-12-19(18)25(20)22/h1-13H. The number of hydrogen-bond acceptors (Lipinski definition) is 2. The van der Waals surface area contributed by atoms with Gasteiger partial charge in [-0.3, -0.25) is 13.6 Å². The fourth-order valence-corrected chi connectivity index (χ4v) is 3.95. The summed E-state index contributed by atoms with van der Waals surface area (Å²) in [5, 5.41) is 1.65. The highest BCUT2D eigenvalue weighted by molar-refractivity contribution is 5.98. The van der Waals surface area contributed by atoms with Crippen LogP contribution in [0.1, 0.15) is 0 Å². The SMILES string of the molecule is O=c1c2ccccc2cc2c3nc4ccccc4n3c3ccccc3n12. The highest BCUT2D eigenvalue weighted by Gasteiger charge is 2.15. The summed E-state index contributed by atoms with van der Waals surface area (Å²) in [6.07, 6.45) is 0. The lowest BCUT2D eigenvalue weighted by Gasteiger charge is -2.11. The van der Waals surface area contributed by atoms with Crippen molar-refractivity contribution in [3.8, 4) is 0 Å². The van der Waals surface area contributed by atoms with E-state index in [4.69, 9.17) is 4.98 Å². The Morgan fingerprint density at radius 3 is 2.15 bits per heavy atom. The molecular formula is C22H13N3O. The maximum absolute atomic E-state index is 13.3. The van der Waals surface area contributed by atoms with Crippen LogP contribution in [0.2, 0.25) is 0 Å². The molecule has 0 fully saturated rings. The molecule has 6 aromatic rings. The van der Waals surface area contributed by atoms with Crippen LogP contribution in [0.15, 0.2) is 83.7 Å². The monoisotopic (exact) mass is 335 g/mol. The van der Waals surface area contributed by atoms with Crippen LogP contribution >= 0.6 is 0 Å². The van der Waals surface area contributed by atoms with Gasteiger partial charge in [0.05, 0.1) is 27.6 Å². The van der Waals surface area contributed by atoms with Crippen molar-refractivity contribution < 1.29 is 0 Å². The van der Waals surface area contributed by atoms with Crippen molar-refractivity contribution in [3.63, 3.8) is 0 Å². The van der Waals surface area contributed by atoms with Gasteiger partial charge in [-0.2, -0.15) is 0 Å². The fourth-order valence-electron chi connectivity index (χ4n) is 3.95. The maximum Gasteiger partial charge on any atom is 0.263 e. The lowest BCUT2D eigenvalue weighted by atomic mass is 10.1. The van der Waals surface area contributed by atoms with E-state index in [1.165, 1.54) is 0 Å². The zero-order valence-corrected chi connectivity index (χ0v) is 13.8. The van der Waals surface area contributed by atoms with Gasteiger partial charge in [0, 0.05) is 5.39 Å². The molecule has 0 saturated heterocycles. The summed E-state index contributed by atoms with van der Waals surface area (Å²) in [5.74, 6) is 0. The maximum atomic E-state index is 13.3. The number of rotatable bonds is 0. The summed E-state index contributed by atoms with van der Waals surface area (Å²) < 4.78 is 3.94. The fraction of sp³-hybridized carbons (Fsp3) is 0. The number of para-hydroxylation sites is 4. The van der Waals surface area contributed by atoms with Gasteiger partial charge in [-0.25, -0.2) is 4.98 Å². The van der Waals surface area contributed by atoms with Gasteiger partial charge in [0.2, 0.25) is 0 Å². The van der Waals surface area contributed by atoms with Crippen LogP contribution in [0.5, 0.6) is 0 Å². The van der Waals surface area contributed by atoms with Crippen molar-refractivity contribution in [1.29, 1.82) is 0 Å². The first-order valence-corrected chi connectivity index (χ1v) is 8.55. The molecule has 0 radical (unpaired) electrons. The van der Waals surface area contributed by atoms with E-state index < -0.39 is 0 Å². The largest absolute Gasteiger partial charge is 0.289 e. The van der Waals surface area contributed by atoms with E-state index in [0.717, 1.165) is 44.0 Å². The molecule has 0 unspecified atom stereocenters. The Hall–Kier alpha value is -3.66. The summed E-state index contributed by atoms with van der Waals surface area (Å²) in [6, 6.07) is 25.8.